The molecule has 0 amide bonds. The lowest BCUT2D eigenvalue weighted by Crippen LogP contribution is -2.45. The van der Waals surface area contributed by atoms with Crippen molar-refractivity contribution in [2.45, 2.75) is 77.2 Å². The molecule has 1 aliphatic rings. The second kappa shape index (κ2) is 8.93. The molecule has 0 spiro atoms. The first-order valence-electron chi connectivity index (χ1n) is 7.67. The van der Waals surface area contributed by atoms with Crippen LogP contribution in [0.1, 0.15) is 71.6 Å². The Morgan fingerprint density at radius 1 is 1.00 bits per heavy atom. The predicted molar refractivity (Wildman–Crippen MR) is 74.5 cm³/mol. The highest BCUT2D eigenvalue weighted by molar-refractivity contribution is 4.86. The summed E-state index contributed by atoms with van der Waals surface area (Å²) >= 11 is 0. The number of ether oxygens (including phenoxy) is 1. The van der Waals surface area contributed by atoms with Crippen molar-refractivity contribution >= 4 is 0 Å². The summed E-state index contributed by atoms with van der Waals surface area (Å²) in [6.45, 7) is 7.51. The summed E-state index contributed by atoms with van der Waals surface area (Å²) in [6, 6.07) is 0. The molecule has 102 valence electrons. The lowest BCUT2D eigenvalue weighted by molar-refractivity contribution is -0.0693. The molecule has 0 aromatic carbocycles. The van der Waals surface area contributed by atoms with Crippen LogP contribution in [-0.4, -0.2) is 25.3 Å². The van der Waals surface area contributed by atoms with Gasteiger partial charge in [-0.1, -0.05) is 52.4 Å². The Hall–Kier alpha value is -0.0800. The highest BCUT2D eigenvalue weighted by atomic mass is 16.5. The van der Waals surface area contributed by atoms with Gasteiger partial charge < -0.3 is 10.1 Å². The van der Waals surface area contributed by atoms with Gasteiger partial charge in [-0.2, -0.15) is 0 Å². The van der Waals surface area contributed by atoms with E-state index in [1.165, 1.54) is 57.8 Å². The number of unbranched alkanes of at least 4 members (excludes halogenated alkanes) is 3. The van der Waals surface area contributed by atoms with Crippen LogP contribution in [-0.2, 0) is 4.74 Å². The topological polar surface area (TPSA) is 21.3 Å². The van der Waals surface area contributed by atoms with Crippen LogP contribution >= 0.6 is 0 Å². The molecule has 2 heteroatoms. The molecule has 1 fully saturated rings. The lowest BCUT2D eigenvalue weighted by Gasteiger charge is -2.37. The van der Waals surface area contributed by atoms with Crippen LogP contribution in [0, 0.1) is 0 Å². The van der Waals surface area contributed by atoms with Crippen molar-refractivity contribution in [2.24, 2.45) is 0 Å². The molecule has 0 radical (unpaired) electrons. The van der Waals surface area contributed by atoms with Crippen molar-refractivity contribution in [3.8, 4) is 0 Å². The molecule has 1 saturated carbocycles. The third-order valence-electron chi connectivity index (χ3n) is 3.87. The third-order valence-corrected chi connectivity index (χ3v) is 3.87. The minimum absolute atomic E-state index is 0.167. The zero-order chi connectivity index (χ0) is 12.4. The summed E-state index contributed by atoms with van der Waals surface area (Å²) in [5.74, 6) is 0. The van der Waals surface area contributed by atoms with Gasteiger partial charge in [0.15, 0.2) is 0 Å². The van der Waals surface area contributed by atoms with Crippen LogP contribution < -0.4 is 5.32 Å². The summed E-state index contributed by atoms with van der Waals surface area (Å²) in [6.07, 6.45) is 11.8. The highest BCUT2D eigenvalue weighted by Gasteiger charge is 2.32. The summed E-state index contributed by atoms with van der Waals surface area (Å²) in [7, 11) is 0. The Kier molecular flexibility index (Phi) is 7.87. The zero-order valence-corrected chi connectivity index (χ0v) is 11.9. The molecule has 0 unspecified atom stereocenters. The predicted octanol–water partition coefficient (Wildman–Crippen LogP) is 3.90. The SMILES string of the molecule is CCCCCCOC1(CNCC)CCCCC1. The Morgan fingerprint density at radius 3 is 2.41 bits per heavy atom. The first-order valence-corrected chi connectivity index (χ1v) is 7.67. The van der Waals surface area contributed by atoms with Crippen LogP contribution in [0.25, 0.3) is 0 Å². The second-order valence-corrected chi connectivity index (χ2v) is 5.43. The van der Waals surface area contributed by atoms with E-state index in [1.54, 1.807) is 0 Å². The molecule has 0 aromatic rings. The van der Waals surface area contributed by atoms with Crippen molar-refractivity contribution in [1.82, 2.24) is 5.32 Å². The maximum Gasteiger partial charge on any atom is 0.0806 e. The number of hydrogen-bond acceptors (Lipinski definition) is 2. The second-order valence-electron chi connectivity index (χ2n) is 5.43. The molecule has 2 nitrogen and oxygen atoms in total. The van der Waals surface area contributed by atoms with Gasteiger partial charge in [-0.15, -0.1) is 0 Å². The summed E-state index contributed by atoms with van der Waals surface area (Å²) in [4.78, 5) is 0. The van der Waals surface area contributed by atoms with E-state index in [4.69, 9.17) is 4.74 Å². The van der Waals surface area contributed by atoms with Crippen molar-refractivity contribution in [3.63, 3.8) is 0 Å². The molecule has 0 heterocycles. The molecule has 0 aliphatic heterocycles. The Morgan fingerprint density at radius 2 is 1.76 bits per heavy atom. The van der Waals surface area contributed by atoms with Gasteiger partial charge in [-0.25, -0.2) is 0 Å². The van der Waals surface area contributed by atoms with Gasteiger partial charge >= 0.3 is 0 Å². The van der Waals surface area contributed by atoms with Crippen molar-refractivity contribution in [2.75, 3.05) is 19.7 Å². The van der Waals surface area contributed by atoms with Crippen molar-refractivity contribution in [3.05, 3.63) is 0 Å². The molecule has 0 bridgehead atoms. The van der Waals surface area contributed by atoms with Gasteiger partial charge in [0, 0.05) is 13.2 Å². The van der Waals surface area contributed by atoms with Crippen LogP contribution in [0.5, 0.6) is 0 Å². The first-order chi connectivity index (χ1) is 8.33. The lowest BCUT2D eigenvalue weighted by atomic mass is 9.84. The number of hydrogen-bond donors (Lipinski definition) is 1. The highest BCUT2D eigenvalue weighted by Crippen LogP contribution is 2.31. The Balaban J connectivity index is 2.24. The van der Waals surface area contributed by atoms with E-state index >= 15 is 0 Å². The molecule has 0 aromatic heterocycles. The van der Waals surface area contributed by atoms with E-state index in [-0.39, 0.29) is 5.60 Å². The van der Waals surface area contributed by atoms with E-state index in [2.05, 4.69) is 19.2 Å². The molecule has 17 heavy (non-hydrogen) atoms. The maximum atomic E-state index is 6.26. The summed E-state index contributed by atoms with van der Waals surface area (Å²) in [5.41, 5.74) is 0.167. The van der Waals surface area contributed by atoms with Gasteiger partial charge in [0.25, 0.3) is 0 Å². The van der Waals surface area contributed by atoms with Gasteiger partial charge in [0.1, 0.15) is 0 Å². The average molecular weight is 241 g/mol. The smallest absolute Gasteiger partial charge is 0.0806 e. The van der Waals surface area contributed by atoms with Crippen LogP contribution in [0.3, 0.4) is 0 Å². The maximum absolute atomic E-state index is 6.26. The van der Waals surface area contributed by atoms with E-state index in [1.807, 2.05) is 0 Å². The minimum Gasteiger partial charge on any atom is -0.374 e. The standard InChI is InChI=1S/C15H31NO/c1-3-5-6-10-13-17-15(14-16-4-2)11-8-7-9-12-15/h16H,3-14H2,1-2H3. The fourth-order valence-corrected chi connectivity index (χ4v) is 2.74. The molecule has 1 rings (SSSR count). The van der Waals surface area contributed by atoms with Crippen LogP contribution in [0.15, 0.2) is 0 Å². The van der Waals surface area contributed by atoms with E-state index in [0.717, 1.165) is 19.7 Å². The fraction of sp³-hybridized carbons (Fsp3) is 1.00. The normalized spacial score (nSPS) is 19.4. The number of likely N-dealkylation sites (N-methyl/N-ethyl adjacent to an activating group) is 1. The summed E-state index contributed by atoms with van der Waals surface area (Å²) < 4.78 is 6.26. The van der Waals surface area contributed by atoms with Crippen molar-refractivity contribution in [1.29, 1.82) is 0 Å². The molecule has 0 saturated heterocycles. The molecule has 1 aliphatic carbocycles. The van der Waals surface area contributed by atoms with Crippen LogP contribution in [0.4, 0.5) is 0 Å². The molecule has 0 atom stereocenters. The number of nitrogens with one attached hydrogen (secondary N) is 1. The molecular weight excluding hydrogens is 210 g/mol. The summed E-state index contributed by atoms with van der Waals surface area (Å²) in [5, 5.41) is 3.49. The van der Waals surface area contributed by atoms with Gasteiger partial charge in [0.05, 0.1) is 5.60 Å². The van der Waals surface area contributed by atoms with Gasteiger partial charge in [0.2, 0.25) is 0 Å². The quantitative estimate of drug-likeness (QED) is 0.618. The monoisotopic (exact) mass is 241 g/mol. The van der Waals surface area contributed by atoms with E-state index in [9.17, 15) is 0 Å². The van der Waals surface area contributed by atoms with Gasteiger partial charge in [-0.05, 0) is 25.8 Å². The van der Waals surface area contributed by atoms with Crippen LogP contribution in [0.2, 0.25) is 0 Å². The van der Waals surface area contributed by atoms with E-state index < -0.39 is 0 Å². The third kappa shape index (κ3) is 5.87. The molecular formula is C15H31NO. The fourth-order valence-electron chi connectivity index (χ4n) is 2.74. The average Bonchev–Trinajstić information content (AvgIpc) is 2.37. The van der Waals surface area contributed by atoms with Crippen molar-refractivity contribution < 1.29 is 4.74 Å². The van der Waals surface area contributed by atoms with Gasteiger partial charge in [-0.3, -0.25) is 0 Å². The Bertz CT molecular complexity index is 176. The zero-order valence-electron chi connectivity index (χ0n) is 11.9. The largest absolute Gasteiger partial charge is 0.374 e. The van der Waals surface area contributed by atoms with E-state index in [0.29, 0.717) is 0 Å². The molecule has 1 N–H and O–H groups in total. The minimum atomic E-state index is 0.167. The Labute approximate surface area is 108 Å². The number of rotatable bonds is 9. The first kappa shape index (κ1) is 15.0.